The van der Waals surface area contributed by atoms with Gasteiger partial charge in [0.25, 0.3) is 5.91 Å². The fraction of sp³-hybridized carbons (Fsp3) is 0.471. The molecule has 0 radical (unpaired) electrons. The monoisotopic (exact) mass is 348 g/mol. The molecular formula is C17H21ClN4O2. The Balaban J connectivity index is 1.95. The normalized spacial score (nSPS) is 21.1. The maximum Gasteiger partial charge on any atom is 0.293 e. The Bertz CT molecular complexity index is 746. The van der Waals surface area contributed by atoms with Crippen molar-refractivity contribution in [2.45, 2.75) is 39.3 Å². The number of halogens is 1. The highest BCUT2D eigenvalue weighted by molar-refractivity contribution is 6.32. The first-order valence-corrected chi connectivity index (χ1v) is 8.52. The van der Waals surface area contributed by atoms with Crippen molar-refractivity contribution in [3.63, 3.8) is 0 Å². The molecule has 1 amide bonds. The van der Waals surface area contributed by atoms with E-state index < -0.39 is 0 Å². The number of ether oxygens (including phenoxy) is 1. The molecule has 128 valence electrons. The largest absolute Gasteiger partial charge is 0.375 e. The summed E-state index contributed by atoms with van der Waals surface area (Å²) >= 11 is 6.27. The van der Waals surface area contributed by atoms with Gasteiger partial charge in [-0.15, -0.1) is 5.10 Å². The van der Waals surface area contributed by atoms with Gasteiger partial charge in [-0.25, -0.2) is 9.67 Å². The maximum atomic E-state index is 12.9. The molecule has 7 heteroatoms. The predicted octanol–water partition coefficient (Wildman–Crippen LogP) is 2.73. The van der Waals surface area contributed by atoms with Crippen molar-refractivity contribution >= 4 is 17.5 Å². The first-order valence-electron chi connectivity index (χ1n) is 8.14. The molecule has 0 aliphatic carbocycles. The SMILES string of the molecule is CCc1nc(C(=O)N2C[C@@H](C)OC[C@H]2C)nn1-c1ccccc1Cl. The van der Waals surface area contributed by atoms with Gasteiger partial charge in [-0.05, 0) is 26.0 Å². The number of morpholine rings is 1. The first kappa shape index (κ1) is 16.9. The second-order valence-electron chi connectivity index (χ2n) is 6.02. The van der Waals surface area contributed by atoms with Crippen molar-refractivity contribution in [1.29, 1.82) is 0 Å². The number of para-hydroxylation sites is 1. The molecule has 1 aliphatic heterocycles. The van der Waals surface area contributed by atoms with Gasteiger partial charge in [0, 0.05) is 13.0 Å². The summed E-state index contributed by atoms with van der Waals surface area (Å²) in [6.07, 6.45) is 0.669. The number of aromatic nitrogens is 3. The molecule has 0 saturated carbocycles. The minimum Gasteiger partial charge on any atom is -0.375 e. The lowest BCUT2D eigenvalue weighted by atomic mass is 10.2. The zero-order chi connectivity index (χ0) is 17.3. The molecule has 0 spiro atoms. The molecule has 1 aromatic heterocycles. The molecule has 2 aromatic rings. The van der Waals surface area contributed by atoms with E-state index >= 15 is 0 Å². The molecule has 1 aliphatic rings. The van der Waals surface area contributed by atoms with Crippen LogP contribution in [0.25, 0.3) is 5.69 Å². The number of amides is 1. The molecule has 6 nitrogen and oxygen atoms in total. The van der Waals surface area contributed by atoms with Gasteiger partial charge in [-0.3, -0.25) is 4.79 Å². The summed E-state index contributed by atoms with van der Waals surface area (Å²) in [4.78, 5) is 19.1. The van der Waals surface area contributed by atoms with Crippen molar-refractivity contribution in [3.8, 4) is 5.69 Å². The highest BCUT2D eigenvalue weighted by atomic mass is 35.5. The summed E-state index contributed by atoms with van der Waals surface area (Å²) in [5, 5.41) is 5.01. The maximum absolute atomic E-state index is 12.9. The van der Waals surface area contributed by atoms with Crippen LogP contribution < -0.4 is 0 Å². The van der Waals surface area contributed by atoms with Crippen LogP contribution in [0.5, 0.6) is 0 Å². The zero-order valence-corrected chi connectivity index (χ0v) is 14.8. The fourth-order valence-corrected chi connectivity index (χ4v) is 3.01. The van der Waals surface area contributed by atoms with E-state index in [0.29, 0.717) is 30.4 Å². The lowest BCUT2D eigenvalue weighted by Gasteiger charge is -2.36. The van der Waals surface area contributed by atoms with Crippen LogP contribution in [-0.2, 0) is 11.2 Å². The zero-order valence-electron chi connectivity index (χ0n) is 14.1. The summed E-state index contributed by atoms with van der Waals surface area (Å²) < 4.78 is 7.24. The Kier molecular flexibility index (Phi) is 4.87. The molecule has 0 N–H and O–H groups in total. The van der Waals surface area contributed by atoms with Crippen molar-refractivity contribution in [3.05, 3.63) is 40.9 Å². The molecule has 24 heavy (non-hydrogen) atoms. The van der Waals surface area contributed by atoms with Crippen LogP contribution in [0.2, 0.25) is 5.02 Å². The van der Waals surface area contributed by atoms with E-state index in [1.165, 1.54) is 0 Å². The van der Waals surface area contributed by atoms with E-state index in [2.05, 4.69) is 10.1 Å². The van der Waals surface area contributed by atoms with Crippen LogP contribution in [-0.4, -0.2) is 50.9 Å². The molecule has 0 unspecified atom stereocenters. The average molecular weight is 349 g/mol. The lowest BCUT2D eigenvalue weighted by molar-refractivity contribution is -0.0391. The number of carbonyl (C=O) groups excluding carboxylic acids is 1. The van der Waals surface area contributed by atoms with Crippen molar-refractivity contribution in [1.82, 2.24) is 19.7 Å². The van der Waals surface area contributed by atoms with Crippen LogP contribution in [0.1, 0.15) is 37.2 Å². The van der Waals surface area contributed by atoms with E-state index in [-0.39, 0.29) is 23.9 Å². The number of hydrogen-bond donors (Lipinski definition) is 0. The smallest absolute Gasteiger partial charge is 0.293 e. The molecule has 2 heterocycles. The second-order valence-corrected chi connectivity index (χ2v) is 6.43. The molecule has 1 fully saturated rings. The van der Waals surface area contributed by atoms with E-state index in [1.54, 1.807) is 15.6 Å². The third kappa shape index (κ3) is 3.16. The summed E-state index contributed by atoms with van der Waals surface area (Å²) in [6, 6.07) is 7.41. The quantitative estimate of drug-likeness (QED) is 0.855. The Hall–Kier alpha value is -1.92. The molecular weight excluding hydrogens is 328 g/mol. The van der Waals surface area contributed by atoms with Gasteiger partial charge >= 0.3 is 0 Å². The molecule has 1 aromatic carbocycles. The van der Waals surface area contributed by atoms with Crippen molar-refractivity contribution < 1.29 is 9.53 Å². The van der Waals surface area contributed by atoms with Crippen molar-refractivity contribution in [2.75, 3.05) is 13.2 Å². The standard InChI is InChI=1S/C17H21ClN4O2/c1-4-15-19-16(17(23)21-9-12(3)24-10-11(21)2)20-22(15)14-8-6-5-7-13(14)18/h5-8,11-12H,4,9-10H2,1-3H3/t11-,12-/m1/s1. The van der Waals surface area contributed by atoms with Crippen LogP contribution in [0, 0.1) is 0 Å². The Labute approximate surface area is 146 Å². The van der Waals surface area contributed by atoms with Crippen LogP contribution in [0.3, 0.4) is 0 Å². The van der Waals surface area contributed by atoms with Crippen LogP contribution >= 0.6 is 11.6 Å². The third-order valence-corrected chi connectivity index (χ3v) is 4.45. The number of rotatable bonds is 3. The molecule has 1 saturated heterocycles. The Morgan fingerprint density at radius 3 is 2.83 bits per heavy atom. The summed E-state index contributed by atoms with van der Waals surface area (Å²) in [5.74, 6) is 0.742. The lowest BCUT2D eigenvalue weighted by Crippen LogP contribution is -2.50. The van der Waals surface area contributed by atoms with E-state index in [9.17, 15) is 4.79 Å². The van der Waals surface area contributed by atoms with Gasteiger partial charge in [0.05, 0.1) is 29.5 Å². The third-order valence-electron chi connectivity index (χ3n) is 4.13. The number of nitrogens with zero attached hydrogens (tertiary/aromatic N) is 4. The average Bonchev–Trinajstić information content (AvgIpc) is 3.01. The van der Waals surface area contributed by atoms with Gasteiger partial charge in [0.1, 0.15) is 5.82 Å². The Morgan fingerprint density at radius 1 is 1.38 bits per heavy atom. The fourth-order valence-electron chi connectivity index (χ4n) is 2.79. The molecule has 0 bridgehead atoms. The minimum atomic E-state index is -0.168. The molecule has 2 atom stereocenters. The van der Waals surface area contributed by atoms with E-state index in [1.807, 2.05) is 39.0 Å². The summed E-state index contributed by atoms with van der Waals surface area (Å²) in [7, 11) is 0. The minimum absolute atomic E-state index is 0.00559. The van der Waals surface area contributed by atoms with Crippen LogP contribution in [0.4, 0.5) is 0 Å². The summed E-state index contributed by atoms with van der Waals surface area (Å²) in [5.41, 5.74) is 0.728. The number of aryl methyl sites for hydroxylation is 1. The van der Waals surface area contributed by atoms with Crippen LogP contribution in [0.15, 0.2) is 24.3 Å². The highest BCUT2D eigenvalue weighted by Crippen LogP contribution is 2.21. The summed E-state index contributed by atoms with van der Waals surface area (Å²) in [6.45, 7) is 6.97. The number of carbonyl (C=O) groups is 1. The Morgan fingerprint density at radius 2 is 2.12 bits per heavy atom. The first-order chi connectivity index (χ1) is 11.5. The number of benzene rings is 1. The van der Waals surface area contributed by atoms with Gasteiger partial charge in [0.15, 0.2) is 0 Å². The van der Waals surface area contributed by atoms with Gasteiger partial charge < -0.3 is 9.64 Å². The molecule has 3 rings (SSSR count). The second kappa shape index (κ2) is 6.91. The number of hydrogen-bond acceptors (Lipinski definition) is 4. The van der Waals surface area contributed by atoms with E-state index in [0.717, 1.165) is 5.69 Å². The van der Waals surface area contributed by atoms with Crippen molar-refractivity contribution in [2.24, 2.45) is 0 Å². The highest BCUT2D eigenvalue weighted by Gasteiger charge is 2.31. The van der Waals surface area contributed by atoms with Gasteiger partial charge in [-0.2, -0.15) is 0 Å². The topological polar surface area (TPSA) is 60.3 Å². The van der Waals surface area contributed by atoms with Gasteiger partial charge in [0.2, 0.25) is 5.82 Å². The van der Waals surface area contributed by atoms with E-state index in [4.69, 9.17) is 16.3 Å². The van der Waals surface area contributed by atoms with Gasteiger partial charge in [-0.1, -0.05) is 30.7 Å². The predicted molar refractivity (Wildman–Crippen MR) is 91.7 cm³/mol.